The summed E-state index contributed by atoms with van der Waals surface area (Å²) in [6.45, 7) is 3.27. The van der Waals surface area contributed by atoms with Crippen molar-refractivity contribution in [2.45, 2.75) is 32.2 Å². The summed E-state index contributed by atoms with van der Waals surface area (Å²) in [6.07, 6.45) is 3.11. The van der Waals surface area contributed by atoms with E-state index in [1.807, 2.05) is 6.92 Å². The first-order chi connectivity index (χ1) is 7.61. The van der Waals surface area contributed by atoms with Crippen LogP contribution < -0.4 is 10.6 Å². The van der Waals surface area contributed by atoms with Crippen LogP contribution in [-0.4, -0.2) is 49.4 Å². The Balaban J connectivity index is 2.10. The third kappa shape index (κ3) is 5.70. The fourth-order valence-corrected chi connectivity index (χ4v) is 1.37. The number of carbonyl (C=O) groups is 2. The number of hydrogen-bond donors (Lipinski definition) is 2. The minimum Gasteiger partial charge on any atom is -0.355 e. The lowest BCUT2D eigenvalue weighted by atomic mass is 10.4. The number of likely N-dealkylation sites (N-methyl/N-ethyl adjacent to an activating group) is 1. The molecule has 0 heterocycles. The summed E-state index contributed by atoms with van der Waals surface area (Å²) in [5.41, 5.74) is 0. The Bertz CT molecular complexity index is 252. The molecule has 2 amide bonds. The average molecular weight is 227 g/mol. The van der Waals surface area contributed by atoms with Gasteiger partial charge in [0.05, 0.1) is 13.1 Å². The Kier molecular flexibility index (Phi) is 5.25. The molecule has 0 aliphatic heterocycles. The number of hydrogen-bond acceptors (Lipinski definition) is 3. The second kappa shape index (κ2) is 6.48. The van der Waals surface area contributed by atoms with Gasteiger partial charge in [0.15, 0.2) is 0 Å². The monoisotopic (exact) mass is 227 g/mol. The number of nitrogens with one attached hydrogen (secondary N) is 2. The zero-order valence-corrected chi connectivity index (χ0v) is 10.1. The predicted molar refractivity (Wildman–Crippen MR) is 62.0 cm³/mol. The first kappa shape index (κ1) is 13.0. The average Bonchev–Trinajstić information content (AvgIpc) is 2.97. The predicted octanol–water partition coefficient (Wildman–Crippen LogP) is -0.277. The van der Waals surface area contributed by atoms with Gasteiger partial charge < -0.3 is 10.6 Å². The Morgan fingerprint density at radius 3 is 2.44 bits per heavy atom. The molecule has 0 aromatic carbocycles. The van der Waals surface area contributed by atoms with Crippen LogP contribution in [0.3, 0.4) is 0 Å². The molecular formula is C11H21N3O2. The van der Waals surface area contributed by atoms with Gasteiger partial charge in [-0.1, -0.05) is 6.92 Å². The van der Waals surface area contributed by atoms with E-state index in [0.717, 1.165) is 19.3 Å². The minimum atomic E-state index is -0.0245. The highest BCUT2D eigenvalue weighted by atomic mass is 16.2. The summed E-state index contributed by atoms with van der Waals surface area (Å²) in [6, 6.07) is 0.384. The summed E-state index contributed by atoms with van der Waals surface area (Å²) in [7, 11) is 1.78. The van der Waals surface area contributed by atoms with E-state index in [4.69, 9.17) is 0 Å². The highest BCUT2D eigenvalue weighted by Crippen LogP contribution is 2.18. The standard InChI is InChI=1S/C11H21N3O2/c1-3-6-12-10(15)7-14(2)8-11(16)13-9-4-5-9/h9H,3-8H2,1-2H3,(H,12,15)(H,13,16). The van der Waals surface area contributed by atoms with Gasteiger partial charge in [-0.05, 0) is 26.3 Å². The molecule has 0 bridgehead atoms. The van der Waals surface area contributed by atoms with Crippen LogP contribution in [-0.2, 0) is 9.59 Å². The van der Waals surface area contributed by atoms with Gasteiger partial charge in [0.1, 0.15) is 0 Å². The molecule has 2 N–H and O–H groups in total. The molecule has 5 nitrogen and oxygen atoms in total. The van der Waals surface area contributed by atoms with E-state index in [0.29, 0.717) is 12.6 Å². The molecule has 0 aromatic heterocycles. The zero-order chi connectivity index (χ0) is 12.0. The normalized spacial score (nSPS) is 14.9. The summed E-state index contributed by atoms with van der Waals surface area (Å²) < 4.78 is 0. The zero-order valence-electron chi connectivity index (χ0n) is 10.1. The van der Waals surface area contributed by atoms with Crippen LogP contribution >= 0.6 is 0 Å². The number of carbonyl (C=O) groups excluding carboxylic acids is 2. The van der Waals surface area contributed by atoms with Gasteiger partial charge in [-0.25, -0.2) is 0 Å². The van der Waals surface area contributed by atoms with E-state index in [1.54, 1.807) is 11.9 Å². The van der Waals surface area contributed by atoms with E-state index in [2.05, 4.69) is 10.6 Å². The molecule has 0 unspecified atom stereocenters. The van der Waals surface area contributed by atoms with E-state index < -0.39 is 0 Å². The van der Waals surface area contributed by atoms with Gasteiger partial charge >= 0.3 is 0 Å². The van der Waals surface area contributed by atoms with Crippen LogP contribution in [0.4, 0.5) is 0 Å². The topological polar surface area (TPSA) is 61.4 Å². The SMILES string of the molecule is CCCNC(=O)CN(C)CC(=O)NC1CC1. The van der Waals surface area contributed by atoms with Gasteiger partial charge in [0, 0.05) is 12.6 Å². The quantitative estimate of drug-likeness (QED) is 0.629. The molecular weight excluding hydrogens is 206 g/mol. The number of rotatable bonds is 7. The van der Waals surface area contributed by atoms with E-state index in [-0.39, 0.29) is 24.9 Å². The van der Waals surface area contributed by atoms with Crippen LogP contribution in [0.2, 0.25) is 0 Å². The second-order valence-corrected chi connectivity index (χ2v) is 4.36. The van der Waals surface area contributed by atoms with Crippen molar-refractivity contribution >= 4 is 11.8 Å². The van der Waals surface area contributed by atoms with Gasteiger partial charge in [0.25, 0.3) is 0 Å². The first-order valence-corrected chi connectivity index (χ1v) is 5.86. The Morgan fingerprint density at radius 1 is 1.25 bits per heavy atom. The van der Waals surface area contributed by atoms with Gasteiger partial charge in [0.2, 0.25) is 11.8 Å². The van der Waals surface area contributed by atoms with Crippen LogP contribution in [0.5, 0.6) is 0 Å². The Labute approximate surface area is 96.6 Å². The molecule has 1 fully saturated rings. The largest absolute Gasteiger partial charge is 0.355 e. The molecule has 0 spiro atoms. The second-order valence-electron chi connectivity index (χ2n) is 4.36. The highest BCUT2D eigenvalue weighted by molar-refractivity contribution is 5.81. The minimum absolute atomic E-state index is 0.00768. The number of amides is 2. The molecule has 1 rings (SSSR count). The molecule has 0 aromatic rings. The maximum absolute atomic E-state index is 11.4. The van der Waals surface area contributed by atoms with E-state index >= 15 is 0 Å². The molecule has 1 saturated carbocycles. The fraction of sp³-hybridized carbons (Fsp3) is 0.818. The van der Waals surface area contributed by atoms with Crippen molar-refractivity contribution in [2.24, 2.45) is 0 Å². The summed E-state index contributed by atoms with van der Waals surface area (Å²) in [5, 5.41) is 5.67. The molecule has 1 aliphatic rings. The van der Waals surface area contributed by atoms with Crippen molar-refractivity contribution in [2.75, 3.05) is 26.7 Å². The van der Waals surface area contributed by atoms with Crippen LogP contribution in [0, 0.1) is 0 Å². The molecule has 0 saturated heterocycles. The summed E-state index contributed by atoms with van der Waals surface area (Å²) in [4.78, 5) is 24.5. The van der Waals surface area contributed by atoms with Crippen LogP contribution in [0.1, 0.15) is 26.2 Å². The molecule has 0 radical (unpaired) electrons. The maximum atomic E-state index is 11.4. The molecule has 0 atom stereocenters. The lowest BCUT2D eigenvalue weighted by Crippen LogP contribution is -2.41. The van der Waals surface area contributed by atoms with Crippen molar-refractivity contribution < 1.29 is 9.59 Å². The van der Waals surface area contributed by atoms with Crippen molar-refractivity contribution in [1.82, 2.24) is 15.5 Å². The third-order valence-electron chi connectivity index (χ3n) is 2.34. The summed E-state index contributed by atoms with van der Waals surface area (Å²) in [5.74, 6) is -0.0168. The third-order valence-corrected chi connectivity index (χ3v) is 2.34. The van der Waals surface area contributed by atoms with E-state index in [1.165, 1.54) is 0 Å². The first-order valence-electron chi connectivity index (χ1n) is 5.86. The van der Waals surface area contributed by atoms with Gasteiger partial charge in [-0.2, -0.15) is 0 Å². The van der Waals surface area contributed by atoms with Crippen LogP contribution in [0.15, 0.2) is 0 Å². The van der Waals surface area contributed by atoms with Crippen molar-refractivity contribution in [3.8, 4) is 0 Å². The maximum Gasteiger partial charge on any atom is 0.234 e. The Hall–Kier alpha value is -1.10. The molecule has 1 aliphatic carbocycles. The van der Waals surface area contributed by atoms with Crippen molar-refractivity contribution in [1.29, 1.82) is 0 Å². The van der Waals surface area contributed by atoms with Gasteiger partial charge in [-0.3, -0.25) is 14.5 Å². The molecule has 92 valence electrons. The summed E-state index contributed by atoms with van der Waals surface area (Å²) >= 11 is 0. The van der Waals surface area contributed by atoms with Crippen LogP contribution in [0.25, 0.3) is 0 Å². The Morgan fingerprint density at radius 2 is 1.88 bits per heavy atom. The molecule has 16 heavy (non-hydrogen) atoms. The van der Waals surface area contributed by atoms with Crippen molar-refractivity contribution in [3.63, 3.8) is 0 Å². The highest BCUT2D eigenvalue weighted by Gasteiger charge is 2.23. The lowest BCUT2D eigenvalue weighted by molar-refractivity contribution is -0.124. The lowest BCUT2D eigenvalue weighted by Gasteiger charge is -2.15. The van der Waals surface area contributed by atoms with Crippen molar-refractivity contribution in [3.05, 3.63) is 0 Å². The molecule has 5 heteroatoms. The smallest absolute Gasteiger partial charge is 0.234 e. The van der Waals surface area contributed by atoms with Gasteiger partial charge in [-0.15, -0.1) is 0 Å². The fourth-order valence-electron chi connectivity index (χ4n) is 1.37. The number of nitrogens with zero attached hydrogens (tertiary/aromatic N) is 1. The van der Waals surface area contributed by atoms with E-state index in [9.17, 15) is 9.59 Å².